The number of amides is 1. The number of carbonyl (C=O) groups excluding carboxylic acids is 8. The summed E-state index contributed by atoms with van der Waals surface area (Å²) in [6.45, 7) is 23.5. The van der Waals surface area contributed by atoms with Crippen molar-refractivity contribution in [3.8, 4) is 5.82 Å². The molecule has 9 aliphatic carbocycles. The first kappa shape index (κ1) is 109. The Morgan fingerprint density at radius 3 is 1.41 bits per heavy atom. The molecule has 1 fully saturated rings. The molecule has 1 aliphatic heterocycles. The third kappa shape index (κ3) is 29.7. The van der Waals surface area contributed by atoms with Crippen LogP contribution in [0.3, 0.4) is 0 Å². The Labute approximate surface area is 821 Å². The normalized spacial score (nSPS) is 15.3. The first-order valence-corrected chi connectivity index (χ1v) is 48.6. The van der Waals surface area contributed by atoms with E-state index in [0.29, 0.717) is 126 Å². The molecule has 1 amide bonds. The zero-order valence-corrected chi connectivity index (χ0v) is 83.7. The molecule has 0 atom stereocenters. The van der Waals surface area contributed by atoms with E-state index in [4.69, 9.17) is 83.2 Å². The summed E-state index contributed by atoms with van der Waals surface area (Å²) in [4.78, 5) is 124. The minimum atomic E-state index is -0.888. The van der Waals surface area contributed by atoms with E-state index >= 15 is 0 Å². The molecule has 8 aromatic rings. The smallest absolute Gasteiger partial charge is 0.354 e. The van der Waals surface area contributed by atoms with Crippen molar-refractivity contribution in [2.75, 3.05) is 66.0 Å². The Bertz CT molecular complexity index is 5450. The molecule has 1 saturated carbocycles. The van der Waals surface area contributed by atoms with Crippen LogP contribution in [0.25, 0.3) is 11.3 Å². The van der Waals surface area contributed by atoms with Crippen LogP contribution in [0.2, 0.25) is 5.02 Å². The highest BCUT2D eigenvalue weighted by Gasteiger charge is 2.31. The van der Waals surface area contributed by atoms with Gasteiger partial charge in [-0.25, -0.2) is 24.2 Å². The van der Waals surface area contributed by atoms with Gasteiger partial charge in [-0.05, 0) is 311 Å². The number of carbonyl (C=O) groups is 9. The largest absolute Gasteiger partial charge is 1.00 e. The predicted octanol–water partition coefficient (Wildman–Crippen LogP) is 14.0. The third-order valence-corrected chi connectivity index (χ3v) is 25.5. The number of aromatic amines is 1. The number of primary amides is 1. The fourth-order valence-electron chi connectivity index (χ4n) is 18.2. The van der Waals surface area contributed by atoms with Crippen LogP contribution >= 0.6 is 34.8 Å². The lowest BCUT2D eigenvalue weighted by molar-refractivity contribution is -0.144. The Morgan fingerprint density at radius 2 is 0.948 bits per heavy atom. The van der Waals surface area contributed by atoms with Crippen LogP contribution in [0.15, 0.2) is 104 Å². The number of carboxylic acid groups (broad SMARTS) is 1. The number of hydrogen-bond donors (Lipinski definition) is 3. The number of aromatic nitrogens is 8. The Kier molecular flexibility index (Phi) is 44.9. The van der Waals surface area contributed by atoms with E-state index in [9.17, 15) is 53.1 Å². The summed E-state index contributed by atoms with van der Waals surface area (Å²) in [6.07, 6.45) is 39.4. The van der Waals surface area contributed by atoms with Gasteiger partial charge in [-0.3, -0.25) is 38.3 Å². The molecular formula is C101H131Cl3IN10O20-. The second-order valence-corrected chi connectivity index (χ2v) is 34.4. The summed E-state index contributed by atoms with van der Waals surface area (Å²) in [6, 6.07) is 13.1. The number of nitrogens with two attached hydrogens (primary N) is 1. The average molecular weight is 2040 g/mol. The lowest BCUT2D eigenvalue weighted by Gasteiger charge is -2.20. The number of aromatic carboxylic acids is 1. The molecule has 30 nitrogen and oxygen atoms in total. The van der Waals surface area contributed by atoms with Crippen LogP contribution in [-0.2, 0) is 154 Å². The number of fused-ring (bicyclic) bond motifs is 10. The molecule has 10 aliphatic rings. The number of aliphatic imine (C=N–C) groups is 1. The second-order valence-electron chi connectivity index (χ2n) is 33.0. The lowest BCUT2D eigenvalue weighted by atomic mass is 10.2. The van der Waals surface area contributed by atoms with Gasteiger partial charge in [0, 0.05) is 127 Å². The highest BCUT2D eigenvalue weighted by atomic mass is 127. The maximum Gasteiger partial charge on any atom is 0.354 e. The number of esters is 3. The number of rotatable bonds is 30. The van der Waals surface area contributed by atoms with Gasteiger partial charge in [0.2, 0.25) is 5.78 Å². The average Bonchev–Trinajstić information content (AvgIpc) is 1.41. The molecule has 18 rings (SSSR count). The topological polar surface area (TPSA) is 370 Å². The van der Waals surface area contributed by atoms with Gasteiger partial charge in [0.15, 0.2) is 31.0 Å². The number of Topliss-reactive ketones (excluding diaryl/α,β-unsaturated/α-hetero) is 2. The van der Waals surface area contributed by atoms with Gasteiger partial charge in [0.25, 0.3) is 11.5 Å². The van der Waals surface area contributed by atoms with Crippen molar-refractivity contribution in [3.63, 3.8) is 0 Å². The fourth-order valence-corrected chi connectivity index (χ4v) is 18.9. The molecule has 135 heavy (non-hydrogen) atoms. The number of halogens is 4. The van der Waals surface area contributed by atoms with Crippen molar-refractivity contribution >= 4 is 101 Å². The van der Waals surface area contributed by atoms with Crippen LogP contribution in [-0.4, -0.2) is 187 Å². The van der Waals surface area contributed by atoms with Gasteiger partial charge in [-0.1, -0.05) is 40.9 Å². The number of carboxylic acids is 1. The van der Waals surface area contributed by atoms with Crippen molar-refractivity contribution in [1.82, 2.24) is 37.2 Å². The summed E-state index contributed by atoms with van der Waals surface area (Å²) in [5, 5.41) is 11.2. The predicted molar refractivity (Wildman–Crippen MR) is 512 cm³/mol. The number of pyridine rings is 1. The SMILES string of the molecule is CCOC(=O)/C=C/C1=C(Cl)CCC1.CCOC(=O)c1cc2c([nH]1)CCC2.CCOC(=O)c1cc2c(n1CC(OCC)OCC)CCC2.CCOC(Cn1c(C(=O)O)cc2c1CCC2)OCC.CCOC(Cn1c(C(N)=O)cc2c1CCC2)OCC.O=C1CCCC1.O=C1CN=Cn2c1cc1c2CCC1.O=CC1=C(Cl)CCC1.O=Cc1c(Cl)ccnc1-n1ccn2c3c(cc2c1=O)CCC3.[I-]. The summed E-state index contributed by atoms with van der Waals surface area (Å²) >= 11 is 17.6. The van der Waals surface area contributed by atoms with Gasteiger partial charge in [0.05, 0.1) is 62.1 Å². The van der Waals surface area contributed by atoms with Gasteiger partial charge in [-0.2, -0.15) is 0 Å². The van der Waals surface area contributed by atoms with Crippen LogP contribution < -0.4 is 35.3 Å². The number of ether oxygens (including phenoxy) is 9. The number of nitrogens with zero attached hydrogens (tertiary/aromatic N) is 8. The number of ketones is 2. The van der Waals surface area contributed by atoms with Crippen molar-refractivity contribution < 1.29 is 115 Å². The van der Waals surface area contributed by atoms with Crippen LogP contribution in [0.4, 0.5) is 0 Å². The van der Waals surface area contributed by atoms with E-state index in [1.807, 2.05) is 115 Å². The van der Waals surface area contributed by atoms with Crippen LogP contribution in [0.1, 0.15) is 295 Å². The minimum Gasteiger partial charge on any atom is -1.00 e. The summed E-state index contributed by atoms with van der Waals surface area (Å²) in [5.74, 6) is -1.22. The Hall–Kier alpha value is -9.68. The van der Waals surface area contributed by atoms with E-state index in [1.54, 1.807) is 31.6 Å². The van der Waals surface area contributed by atoms with E-state index in [-0.39, 0.29) is 94.4 Å². The third-order valence-electron chi connectivity index (χ3n) is 24.3. The van der Waals surface area contributed by atoms with Crippen molar-refractivity contribution in [1.29, 1.82) is 0 Å². The number of aldehydes is 2. The quantitative estimate of drug-likeness (QED) is 0.00940. The van der Waals surface area contributed by atoms with Crippen LogP contribution in [0, 0.1) is 0 Å². The number of aryl methyl sites for hydroxylation is 8. The van der Waals surface area contributed by atoms with Crippen LogP contribution in [0.5, 0.6) is 0 Å². The molecule has 0 spiro atoms. The zero-order valence-electron chi connectivity index (χ0n) is 79.3. The number of hydrogen-bond acceptors (Lipinski definition) is 21. The van der Waals surface area contributed by atoms with Crippen molar-refractivity contribution in [3.05, 3.63) is 211 Å². The van der Waals surface area contributed by atoms with Gasteiger partial charge in [0.1, 0.15) is 46.9 Å². The Balaban J connectivity index is 0.000000173. The summed E-state index contributed by atoms with van der Waals surface area (Å²) in [7, 11) is 0. The monoisotopic (exact) mass is 2040 g/mol. The molecule has 0 saturated heterocycles. The standard InChI is InChI=1S/C16H12ClN3O2.C16H25NO4.C14H22N2O3.C14H21NO4.C10H13ClO2.C10H10N2O.C10H13NO2.C6H7ClO.C5H8O.HI/c17-12-4-5-18-15(11(12)9-21)20-7-6-19-13-3-1-2-10(13)8-14(19)16(20)22;1-4-19-15(20-5-2)11-17-13-9-7-8-12(13)10-14(17)16(18)21-6-3;1-3-18-13(19-4-2)9-16-11-7-5-6-10(11)8-12(16)14(15)17;1-3-18-13(19-4-2)9-15-11-7-5-6-10(11)8-12(15)14(16)17;1-2-13-10(12)7-6-8-4-3-5-9(8)11;13-10-5-11-6-12-8-3-1-2-7(8)4-9(10)12;1-2-13-10(12)9-6-7-4-3-5-8(7)11-9;7-6-3-1-2-5(6)4-8;6-5-3-1-2-4-5;/h4-9H,1-3H2;10,15H,4-9,11H2,1-3H3;8,13H,3-7,9H2,1-2H3,(H2,15,17);8,13H,3-7,9H2,1-2H3,(H,16,17);6-7H,2-5H2,1H3;4,6H,1-3,5H2;6,11H,2-5H2,1H3;4H,1-3H2;1-4H2;1H/p-1/b;;;;7-6+;;;;;. The highest BCUT2D eigenvalue weighted by Crippen LogP contribution is 2.35. The van der Waals surface area contributed by atoms with Gasteiger partial charge < -0.3 is 105 Å². The lowest BCUT2D eigenvalue weighted by Crippen LogP contribution is -3.00. The summed E-state index contributed by atoms with van der Waals surface area (Å²) < 4.78 is 59.3. The maximum atomic E-state index is 12.8. The number of nitrogens with one attached hydrogen (secondary N) is 1. The minimum absolute atomic E-state index is 0. The summed E-state index contributed by atoms with van der Waals surface area (Å²) in [5.41, 5.74) is 25.7. The number of allylic oxidation sites excluding steroid dienone is 5. The van der Waals surface area contributed by atoms with Gasteiger partial charge in [-0.15, -0.1) is 0 Å². The molecular weight excluding hydrogens is 1910 g/mol. The maximum absolute atomic E-state index is 12.8. The molecule has 8 aromatic heterocycles. The van der Waals surface area contributed by atoms with E-state index in [1.165, 1.54) is 92.0 Å². The first-order chi connectivity index (χ1) is 64.9. The van der Waals surface area contributed by atoms with E-state index in [2.05, 4.69) is 15.0 Å². The molecule has 34 heteroatoms. The van der Waals surface area contributed by atoms with Crippen molar-refractivity contribution in [2.24, 2.45) is 10.7 Å². The second kappa shape index (κ2) is 55.6. The molecule has 4 N–H and O–H groups in total. The zero-order chi connectivity index (χ0) is 96.3. The highest BCUT2D eigenvalue weighted by molar-refractivity contribution is 6.33. The molecule has 0 radical (unpaired) electrons. The fraction of sp³-hybridized carbons (Fsp3) is 0.525. The molecule has 0 bridgehead atoms. The molecule has 0 unspecified atom stereocenters. The first-order valence-electron chi connectivity index (χ1n) is 47.5. The number of H-pyrrole nitrogens is 1. The Morgan fingerprint density at radius 1 is 0.489 bits per heavy atom. The molecule has 9 heterocycles. The molecule has 734 valence electrons. The van der Waals surface area contributed by atoms with Gasteiger partial charge >= 0.3 is 23.9 Å². The van der Waals surface area contributed by atoms with E-state index < -0.39 is 5.97 Å². The van der Waals surface area contributed by atoms with E-state index in [0.717, 1.165) is 211 Å². The van der Waals surface area contributed by atoms with Crippen molar-refractivity contribution in [2.45, 2.75) is 281 Å². The molecule has 0 aromatic carbocycles.